The third kappa shape index (κ3) is 4.16. The maximum atomic E-state index is 12.6. The van der Waals surface area contributed by atoms with Crippen LogP contribution in [0.4, 0.5) is 5.13 Å². The Bertz CT molecular complexity index is 1120. The second-order valence-electron chi connectivity index (χ2n) is 6.84. The fourth-order valence-corrected chi connectivity index (χ4v) is 5.89. The van der Waals surface area contributed by atoms with E-state index in [2.05, 4.69) is 44.5 Å². The first-order valence-electron chi connectivity index (χ1n) is 9.29. The van der Waals surface area contributed by atoms with Crippen molar-refractivity contribution >= 4 is 45.0 Å². The van der Waals surface area contributed by atoms with Crippen molar-refractivity contribution in [3.8, 4) is 10.6 Å². The summed E-state index contributed by atoms with van der Waals surface area (Å²) < 4.78 is 0. The molecule has 0 radical (unpaired) electrons. The van der Waals surface area contributed by atoms with Crippen LogP contribution in [0.1, 0.15) is 26.6 Å². The fourth-order valence-electron chi connectivity index (χ4n) is 3.34. The summed E-state index contributed by atoms with van der Waals surface area (Å²) in [5, 5.41) is 10.3. The van der Waals surface area contributed by atoms with E-state index in [1.807, 2.05) is 22.9 Å². The van der Waals surface area contributed by atoms with E-state index in [0.717, 1.165) is 42.3 Å². The lowest BCUT2D eigenvalue weighted by atomic mass is 10.1. The Balaban J connectivity index is 1.25. The molecule has 5 rings (SSSR count). The van der Waals surface area contributed by atoms with Gasteiger partial charge >= 0.3 is 0 Å². The van der Waals surface area contributed by atoms with Gasteiger partial charge in [0.25, 0.3) is 5.91 Å². The van der Waals surface area contributed by atoms with Crippen molar-refractivity contribution in [3.63, 3.8) is 0 Å². The number of carbonyl (C=O) groups excluding carboxylic acids is 1. The lowest BCUT2D eigenvalue weighted by molar-refractivity contribution is 0.102. The number of aromatic nitrogens is 2. The standard InChI is InChI=1S/C21H18N4OS3/c26-19(17-13-28-20(22-17)15-7-9-27-12-15)24-21-23-16-6-8-25(11-18(16)29-21)10-14-4-2-1-3-5-14/h1-5,7,9,12-13H,6,8,10-11H2,(H,23,24,26). The smallest absolute Gasteiger partial charge is 0.276 e. The molecular formula is C21H18N4OS3. The number of nitrogens with one attached hydrogen (secondary N) is 1. The minimum Gasteiger partial charge on any atom is -0.296 e. The quantitative estimate of drug-likeness (QED) is 0.469. The SMILES string of the molecule is O=C(Nc1nc2c(s1)CN(Cc1ccccc1)CC2)c1csc(-c2ccsc2)n1. The van der Waals surface area contributed by atoms with Crippen LogP contribution in [-0.2, 0) is 19.5 Å². The van der Waals surface area contributed by atoms with Gasteiger partial charge in [-0.1, -0.05) is 30.3 Å². The van der Waals surface area contributed by atoms with Gasteiger partial charge in [0.05, 0.1) is 5.69 Å². The van der Waals surface area contributed by atoms with E-state index >= 15 is 0 Å². The number of benzene rings is 1. The number of carbonyl (C=O) groups is 1. The highest BCUT2D eigenvalue weighted by Gasteiger charge is 2.22. The number of thiophene rings is 1. The van der Waals surface area contributed by atoms with E-state index in [-0.39, 0.29) is 5.91 Å². The third-order valence-corrected chi connectivity index (χ3v) is 7.36. The highest BCUT2D eigenvalue weighted by atomic mass is 32.1. The minimum atomic E-state index is -0.199. The molecule has 1 aromatic carbocycles. The molecule has 0 fully saturated rings. The number of nitrogens with zero attached hydrogens (tertiary/aromatic N) is 3. The summed E-state index contributed by atoms with van der Waals surface area (Å²) in [5.74, 6) is -0.199. The van der Waals surface area contributed by atoms with Crippen molar-refractivity contribution in [2.24, 2.45) is 0 Å². The fraction of sp³-hybridized carbons (Fsp3) is 0.190. The predicted octanol–water partition coefficient (Wildman–Crippen LogP) is 5.14. The van der Waals surface area contributed by atoms with E-state index in [0.29, 0.717) is 10.8 Å². The molecule has 1 aliphatic heterocycles. The van der Waals surface area contributed by atoms with Crippen molar-refractivity contribution in [1.29, 1.82) is 0 Å². The Morgan fingerprint density at radius 2 is 2.03 bits per heavy atom. The number of hydrogen-bond acceptors (Lipinski definition) is 7. The van der Waals surface area contributed by atoms with Crippen molar-refractivity contribution in [3.05, 3.63) is 74.4 Å². The highest BCUT2D eigenvalue weighted by Crippen LogP contribution is 2.30. The van der Waals surface area contributed by atoms with Gasteiger partial charge in [-0.3, -0.25) is 15.0 Å². The van der Waals surface area contributed by atoms with Gasteiger partial charge < -0.3 is 0 Å². The molecule has 1 amide bonds. The average molecular weight is 439 g/mol. The second kappa shape index (κ2) is 8.16. The lowest BCUT2D eigenvalue weighted by Gasteiger charge is -2.25. The zero-order valence-electron chi connectivity index (χ0n) is 15.5. The van der Waals surface area contributed by atoms with Gasteiger partial charge in [0.15, 0.2) is 5.13 Å². The van der Waals surface area contributed by atoms with Gasteiger partial charge in [-0.25, -0.2) is 9.97 Å². The molecule has 4 aromatic rings. The summed E-state index contributed by atoms with van der Waals surface area (Å²) in [6, 6.07) is 12.5. The molecule has 0 bridgehead atoms. The van der Waals surface area contributed by atoms with Gasteiger partial charge in [-0.05, 0) is 17.0 Å². The number of anilines is 1. The first-order valence-corrected chi connectivity index (χ1v) is 11.9. The maximum Gasteiger partial charge on any atom is 0.276 e. The topological polar surface area (TPSA) is 58.1 Å². The lowest BCUT2D eigenvalue weighted by Crippen LogP contribution is -2.29. The molecule has 4 heterocycles. The molecule has 0 saturated heterocycles. The van der Waals surface area contributed by atoms with Crippen molar-refractivity contribution in [2.75, 3.05) is 11.9 Å². The summed E-state index contributed by atoms with van der Waals surface area (Å²) in [6.45, 7) is 2.79. The van der Waals surface area contributed by atoms with Gasteiger partial charge in [0, 0.05) is 47.3 Å². The molecule has 0 atom stereocenters. The molecule has 1 N–H and O–H groups in total. The van der Waals surface area contributed by atoms with Crippen LogP contribution < -0.4 is 5.32 Å². The molecule has 0 spiro atoms. The molecule has 5 nitrogen and oxygen atoms in total. The predicted molar refractivity (Wildman–Crippen MR) is 120 cm³/mol. The Kier molecular flexibility index (Phi) is 5.24. The monoisotopic (exact) mass is 438 g/mol. The number of hydrogen-bond donors (Lipinski definition) is 1. The molecule has 29 heavy (non-hydrogen) atoms. The molecule has 1 aliphatic rings. The molecule has 0 aliphatic carbocycles. The van der Waals surface area contributed by atoms with Crippen LogP contribution in [-0.4, -0.2) is 27.3 Å². The number of thiazole rings is 2. The summed E-state index contributed by atoms with van der Waals surface area (Å²) in [4.78, 5) is 25.4. The minimum absolute atomic E-state index is 0.199. The first-order chi connectivity index (χ1) is 14.2. The van der Waals surface area contributed by atoms with Gasteiger partial charge in [0.1, 0.15) is 10.7 Å². The summed E-state index contributed by atoms with van der Waals surface area (Å²) >= 11 is 4.68. The van der Waals surface area contributed by atoms with Crippen LogP contribution in [0.3, 0.4) is 0 Å². The third-order valence-electron chi connectivity index (χ3n) is 4.78. The van der Waals surface area contributed by atoms with Crippen LogP contribution in [0.2, 0.25) is 0 Å². The van der Waals surface area contributed by atoms with Crippen molar-refractivity contribution in [2.45, 2.75) is 19.5 Å². The number of rotatable bonds is 5. The average Bonchev–Trinajstić information content (AvgIpc) is 3.48. The van der Waals surface area contributed by atoms with E-state index < -0.39 is 0 Å². The van der Waals surface area contributed by atoms with E-state index in [1.54, 1.807) is 28.1 Å². The van der Waals surface area contributed by atoms with Crippen LogP contribution in [0, 0.1) is 0 Å². The van der Waals surface area contributed by atoms with Gasteiger partial charge in [0.2, 0.25) is 0 Å². The summed E-state index contributed by atoms with van der Waals surface area (Å²) in [5.41, 5.74) is 3.92. The highest BCUT2D eigenvalue weighted by molar-refractivity contribution is 7.16. The Hall–Kier alpha value is -2.39. The largest absolute Gasteiger partial charge is 0.296 e. The van der Waals surface area contributed by atoms with Crippen LogP contribution in [0.15, 0.2) is 52.5 Å². The number of fused-ring (bicyclic) bond motifs is 1. The van der Waals surface area contributed by atoms with Crippen molar-refractivity contribution < 1.29 is 4.79 Å². The molecule has 3 aromatic heterocycles. The van der Waals surface area contributed by atoms with E-state index in [1.165, 1.54) is 21.8 Å². The Morgan fingerprint density at radius 1 is 1.14 bits per heavy atom. The molecule has 8 heteroatoms. The molecular weight excluding hydrogens is 420 g/mol. The summed E-state index contributed by atoms with van der Waals surface area (Å²) in [7, 11) is 0. The van der Waals surface area contributed by atoms with E-state index in [4.69, 9.17) is 0 Å². The Morgan fingerprint density at radius 3 is 2.86 bits per heavy atom. The number of amides is 1. The maximum absolute atomic E-state index is 12.6. The normalized spacial score (nSPS) is 13.9. The second-order valence-corrected chi connectivity index (χ2v) is 9.56. The van der Waals surface area contributed by atoms with Crippen LogP contribution in [0.5, 0.6) is 0 Å². The molecule has 0 unspecified atom stereocenters. The van der Waals surface area contributed by atoms with Crippen molar-refractivity contribution in [1.82, 2.24) is 14.9 Å². The van der Waals surface area contributed by atoms with Gasteiger partial charge in [-0.15, -0.1) is 22.7 Å². The van der Waals surface area contributed by atoms with E-state index in [9.17, 15) is 4.79 Å². The van der Waals surface area contributed by atoms with Gasteiger partial charge in [-0.2, -0.15) is 11.3 Å². The zero-order chi connectivity index (χ0) is 19.6. The summed E-state index contributed by atoms with van der Waals surface area (Å²) in [6.07, 6.45) is 0.910. The Labute approximate surface area is 180 Å². The van der Waals surface area contributed by atoms with Crippen LogP contribution >= 0.6 is 34.0 Å². The molecule has 146 valence electrons. The zero-order valence-corrected chi connectivity index (χ0v) is 17.9. The first kappa shape index (κ1) is 18.6. The molecule has 0 saturated carbocycles. The van der Waals surface area contributed by atoms with Crippen LogP contribution in [0.25, 0.3) is 10.6 Å².